The van der Waals surface area contributed by atoms with E-state index >= 15 is 0 Å². The van der Waals surface area contributed by atoms with Gasteiger partial charge in [0.2, 0.25) is 5.95 Å². The first-order valence-electron chi connectivity index (χ1n) is 8.20. The van der Waals surface area contributed by atoms with Crippen molar-refractivity contribution in [1.82, 2.24) is 14.8 Å². The van der Waals surface area contributed by atoms with Crippen LogP contribution in [0.2, 0.25) is 0 Å². The van der Waals surface area contributed by atoms with Gasteiger partial charge in [0, 0.05) is 19.8 Å². The van der Waals surface area contributed by atoms with Gasteiger partial charge in [-0.15, -0.1) is 0 Å². The van der Waals surface area contributed by atoms with Gasteiger partial charge in [0.25, 0.3) is 0 Å². The minimum Gasteiger partial charge on any atom is -0.378 e. The zero-order valence-corrected chi connectivity index (χ0v) is 13.9. The second kappa shape index (κ2) is 6.00. The zero-order valence-electron chi connectivity index (χ0n) is 13.9. The van der Waals surface area contributed by atoms with Crippen molar-refractivity contribution in [3.05, 3.63) is 72.1 Å². The molecule has 4 rings (SSSR count). The maximum Gasteiger partial charge on any atom is 0.222 e. The lowest BCUT2D eigenvalue weighted by Crippen LogP contribution is -2.28. The van der Waals surface area contributed by atoms with Gasteiger partial charge < -0.3 is 10.2 Å². The third-order valence-corrected chi connectivity index (χ3v) is 4.63. The average Bonchev–Trinajstić information content (AvgIpc) is 3.10. The van der Waals surface area contributed by atoms with Crippen molar-refractivity contribution < 1.29 is 0 Å². The van der Waals surface area contributed by atoms with E-state index in [9.17, 15) is 0 Å². The van der Waals surface area contributed by atoms with E-state index in [1.54, 1.807) is 6.33 Å². The second-order valence-electron chi connectivity index (χ2n) is 6.37. The van der Waals surface area contributed by atoms with E-state index in [2.05, 4.69) is 82.9 Å². The molecule has 2 heterocycles. The highest BCUT2D eigenvalue weighted by Crippen LogP contribution is 2.37. The van der Waals surface area contributed by atoms with E-state index in [0.717, 1.165) is 12.4 Å². The van der Waals surface area contributed by atoms with Crippen LogP contribution in [0.4, 0.5) is 11.6 Å². The molecule has 0 radical (unpaired) electrons. The smallest absolute Gasteiger partial charge is 0.222 e. The van der Waals surface area contributed by atoms with Crippen molar-refractivity contribution in [2.75, 3.05) is 24.3 Å². The van der Waals surface area contributed by atoms with Gasteiger partial charge in [-0.1, -0.05) is 42.5 Å². The van der Waals surface area contributed by atoms with E-state index in [0.29, 0.717) is 0 Å². The molecule has 0 saturated carbocycles. The van der Waals surface area contributed by atoms with Crippen LogP contribution in [0.25, 0.3) is 0 Å². The normalized spacial score (nSPS) is 19.4. The summed E-state index contributed by atoms with van der Waals surface area (Å²) in [6.07, 6.45) is 2.57. The Morgan fingerprint density at radius 1 is 1.00 bits per heavy atom. The Morgan fingerprint density at radius 3 is 2.46 bits per heavy atom. The van der Waals surface area contributed by atoms with Crippen molar-refractivity contribution >= 4 is 11.6 Å². The number of nitrogens with zero attached hydrogens (tertiary/aromatic N) is 4. The Kier molecular flexibility index (Phi) is 3.69. The van der Waals surface area contributed by atoms with Crippen LogP contribution < -0.4 is 10.2 Å². The number of rotatable bonds is 3. The third-order valence-electron chi connectivity index (χ3n) is 4.63. The summed E-state index contributed by atoms with van der Waals surface area (Å²) in [6, 6.07) is 19.7. The quantitative estimate of drug-likeness (QED) is 0.803. The van der Waals surface area contributed by atoms with Gasteiger partial charge in [0.1, 0.15) is 6.33 Å². The number of hydrogen-bond donors (Lipinski definition) is 1. The van der Waals surface area contributed by atoms with Crippen molar-refractivity contribution in [1.29, 1.82) is 0 Å². The number of hydrogen-bond acceptors (Lipinski definition) is 4. The molecular formula is C19H21N5. The number of anilines is 2. The predicted octanol–water partition coefficient (Wildman–Crippen LogP) is 3.49. The van der Waals surface area contributed by atoms with Crippen LogP contribution in [0.5, 0.6) is 0 Å². The van der Waals surface area contributed by atoms with Gasteiger partial charge in [-0.25, -0.2) is 4.68 Å². The molecule has 0 unspecified atom stereocenters. The first-order chi connectivity index (χ1) is 11.7. The molecule has 0 aliphatic carbocycles. The van der Waals surface area contributed by atoms with Crippen LogP contribution in [0.3, 0.4) is 0 Å². The fraction of sp³-hybridized carbons (Fsp3) is 0.263. The fourth-order valence-electron chi connectivity index (χ4n) is 3.30. The second-order valence-corrected chi connectivity index (χ2v) is 6.37. The first-order valence-corrected chi connectivity index (χ1v) is 8.20. The molecule has 122 valence electrons. The minimum absolute atomic E-state index is 0.185. The molecule has 0 bridgehead atoms. The SMILES string of the molecule is CN(C)c1ccc([C@@H]2C[C@H](c3ccccc3)Nc3ncnn32)cc1. The standard InChI is InChI=1S/C19H21N5/c1-23(2)16-10-8-15(9-11-16)18-12-17(14-6-4-3-5-7-14)22-19-20-13-21-24(18)19/h3-11,13,17-18H,12H2,1-2H3,(H,20,21,22)/t17-,18+/m1/s1. The first kappa shape index (κ1) is 14.8. The monoisotopic (exact) mass is 319 g/mol. The zero-order chi connectivity index (χ0) is 16.5. The van der Waals surface area contributed by atoms with Gasteiger partial charge in [-0.05, 0) is 29.7 Å². The largest absolute Gasteiger partial charge is 0.378 e. The summed E-state index contributed by atoms with van der Waals surface area (Å²) in [7, 11) is 4.11. The molecule has 1 aliphatic rings. The van der Waals surface area contributed by atoms with E-state index in [1.165, 1.54) is 16.8 Å². The maximum atomic E-state index is 4.43. The molecule has 3 aromatic rings. The third kappa shape index (κ3) is 2.62. The molecule has 0 fully saturated rings. The number of aromatic nitrogens is 3. The molecule has 1 aromatic heterocycles. The average molecular weight is 319 g/mol. The Labute approximate surface area is 142 Å². The predicted molar refractivity (Wildman–Crippen MR) is 96.4 cm³/mol. The van der Waals surface area contributed by atoms with Crippen molar-refractivity contribution in [3.8, 4) is 0 Å². The molecule has 2 atom stereocenters. The van der Waals surface area contributed by atoms with Crippen LogP contribution in [-0.2, 0) is 0 Å². The Bertz CT molecular complexity index is 807. The summed E-state index contributed by atoms with van der Waals surface area (Å²) in [4.78, 5) is 6.50. The summed E-state index contributed by atoms with van der Waals surface area (Å²) in [5.74, 6) is 0.830. The van der Waals surface area contributed by atoms with Crippen molar-refractivity contribution in [3.63, 3.8) is 0 Å². The van der Waals surface area contributed by atoms with Gasteiger partial charge in [0.05, 0.1) is 12.1 Å². The Morgan fingerprint density at radius 2 is 1.75 bits per heavy atom. The van der Waals surface area contributed by atoms with Crippen LogP contribution in [-0.4, -0.2) is 28.9 Å². The molecule has 0 spiro atoms. The highest BCUT2D eigenvalue weighted by atomic mass is 15.4. The molecular weight excluding hydrogens is 298 g/mol. The lowest BCUT2D eigenvalue weighted by atomic mass is 9.93. The molecule has 1 aliphatic heterocycles. The summed E-state index contributed by atoms with van der Waals surface area (Å²) >= 11 is 0. The van der Waals surface area contributed by atoms with Crippen molar-refractivity contribution in [2.45, 2.75) is 18.5 Å². The molecule has 5 nitrogen and oxygen atoms in total. The highest BCUT2D eigenvalue weighted by molar-refractivity contribution is 5.47. The topological polar surface area (TPSA) is 46.0 Å². The van der Waals surface area contributed by atoms with Crippen LogP contribution >= 0.6 is 0 Å². The maximum absolute atomic E-state index is 4.43. The lowest BCUT2D eigenvalue weighted by molar-refractivity contribution is 0.431. The van der Waals surface area contributed by atoms with E-state index in [1.807, 2.05) is 10.7 Å². The number of benzene rings is 2. The van der Waals surface area contributed by atoms with E-state index in [4.69, 9.17) is 0 Å². The lowest BCUT2D eigenvalue weighted by Gasteiger charge is -2.32. The summed E-state index contributed by atoms with van der Waals surface area (Å²) < 4.78 is 1.99. The molecule has 1 N–H and O–H groups in total. The number of fused-ring (bicyclic) bond motifs is 1. The van der Waals surface area contributed by atoms with Gasteiger partial charge in [0.15, 0.2) is 0 Å². The Balaban J connectivity index is 1.69. The summed E-state index contributed by atoms with van der Waals surface area (Å²) in [6.45, 7) is 0. The van der Waals surface area contributed by atoms with Crippen LogP contribution in [0.15, 0.2) is 60.9 Å². The molecule has 0 saturated heterocycles. The van der Waals surface area contributed by atoms with Crippen LogP contribution in [0, 0.1) is 0 Å². The van der Waals surface area contributed by atoms with E-state index < -0.39 is 0 Å². The summed E-state index contributed by atoms with van der Waals surface area (Å²) in [5.41, 5.74) is 3.74. The number of nitrogens with one attached hydrogen (secondary N) is 1. The highest BCUT2D eigenvalue weighted by Gasteiger charge is 2.29. The summed E-state index contributed by atoms with van der Waals surface area (Å²) in [5, 5.41) is 7.94. The van der Waals surface area contributed by atoms with Gasteiger partial charge >= 0.3 is 0 Å². The van der Waals surface area contributed by atoms with Crippen molar-refractivity contribution in [2.24, 2.45) is 0 Å². The fourth-order valence-corrected chi connectivity index (χ4v) is 3.30. The van der Waals surface area contributed by atoms with E-state index in [-0.39, 0.29) is 12.1 Å². The van der Waals surface area contributed by atoms with Crippen LogP contribution in [0.1, 0.15) is 29.6 Å². The van der Waals surface area contributed by atoms with Gasteiger partial charge in [-0.2, -0.15) is 10.1 Å². The van der Waals surface area contributed by atoms with Gasteiger partial charge in [-0.3, -0.25) is 0 Å². The molecule has 24 heavy (non-hydrogen) atoms. The minimum atomic E-state index is 0.185. The molecule has 2 aromatic carbocycles. The molecule has 5 heteroatoms. The molecule has 0 amide bonds. The Hall–Kier alpha value is -2.82.